The van der Waals surface area contributed by atoms with E-state index in [-0.39, 0.29) is 9.88 Å². The summed E-state index contributed by atoms with van der Waals surface area (Å²) < 4.78 is 32.4. The lowest BCUT2D eigenvalue weighted by Gasteiger charge is -2.09. The molecule has 0 aliphatic rings. The average Bonchev–Trinajstić information content (AvgIpc) is 2.49. The molecule has 2 aromatic carbocycles. The van der Waals surface area contributed by atoms with E-state index in [1.54, 1.807) is 36.4 Å². The predicted octanol–water partition coefficient (Wildman–Crippen LogP) is 2.52. The maximum Gasteiger partial charge on any atom is 0.261 e. The van der Waals surface area contributed by atoms with Crippen molar-refractivity contribution < 1.29 is 13.2 Å². The van der Waals surface area contributed by atoms with E-state index in [9.17, 15) is 8.42 Å². The highest BCUT2D eigenvalue weighted by molar-refractivity contribution is 7.92. The molecule has 0 spiro atoms. The number of nitrogens with two attached hydrogens (primary N) is 1. The summed E-state index contributed by atoms with van der Waals surface area (Å²) in [6, 6.07) is 12.8. The Morgan fingerprint density at radius 2 is 1.73 bits per heavy atom. The molecule has 22 heavy (non-hydrogen) atoms. The summed E-state index contributed by atoms with van der Waals surface area (Å²) in [5.74, 6) is 0.686. The summed E-state index contributed by atoms with van der Waals surface area (Å²) in [6.45, 7) is 2.44. The van der Waals surface area contributed by atoms with Gasteiger partial charge in [-0.25, -0.2) is 8.42 Å². The fraction of sp³-hybridized carbons (Fsp3) is 0.133. The van der Waals surface area contributed by atoms with E-state index in [1.807, 2.05) is 6.92 Å². The van der Waals surface area contributed by atoms with Crippen LogP contribution in [0.15, 0.2) is 53.4 Å². The number of anilines is 1. The first-order chi connectivity index (χ1) is 10.4. The summed E-state index contributed by atoms with van der Waals surface area (Å²) in [4.78, 5) is 0.366. The molecule has 0 aromatic heterocycles. The molecule has 0 aliphatic heterocycles. The summed E-state index contributed by atoms with van der Waals surface area (Å²) in [5, 5.41) is 0. The lowest BCUT2D eigenvalue weighted by Crippen LogP contribution is -2.14. The quantitative estimate of drug-likeness (QED) is 0.792. The van der Waals surface area contributed by atoms with Gasteiger partial charge in [0.2, 0.25) is 0 Å². The molecule has 2 rings (SSSR count). The lowest BCUT2D eigenvalue weighted by molar-refractivity contribution is 0.340. The molecule has 5 nitrogen and oxygen atoms in total. The van der Waals surface area contributed by atoms with Crippen LogP contribution in [0.1, 0.15) is 12.5 Å². The van der Waals surface area contributed by atoms with Crippen molar-refractivity contribution >= 4 is 32.9 Å². The van der Waals surface area contributed by atoms with Gasteiger partial charge in [0.1, 0.15) is 10.7 Å². The molecule has 0 fully saturated rings. The summed E-state index contributed by atoms with van der Waals surface area (Å²) in [6.07, 6.45) is 0. The van der Waals surface area contributed by atoms with Crippen molar-refractivity contribution in [2.45, 2.75) is 11.8 Å². The van der Waals surface area contributed by atoms with E-state index in [2.05, 4.69) is 4.72 Å². The van der Waals surface area contributed by atoms with Gasteiger partial charge in [0.15, 0.2) is 0 Å². The highest BCUT2D eigenvalue weighted by atomic mass is 32.2. The van der Waals surface area contributed by atoms with Crippen LogP contribution in [0.3, 0.4) is 0 Å². The first kappa shape index (κ1) is 16.3. The lowest BCUT2D eigenvalue weighted by atomic mass is 10.2. The van der Waals surface area contributed by atoms with Gasteiger partial charge in [0.05, 0.1) is 11.5 Å². The van der Waals surface area contributed by atoms with Gasteiger partial charge in [-0.2, -0.15) is 0 Å². The molecule has 0 aliphatic carbocycles. The third-order valence-electron chi connectivity index (χ3n) is 2.87. The highest BCUT2D eigenvalue weighted by Gasteiger charge is 2.14. The van der Waals surface area contributed by atoms with Crippen LogP contribution in [-0.4, -0.2) is 20.0 Å². The molecule has 7 heteroatoms. The molecular weight excluding hydrogens is 320 g/mol. The average molecular weight is 336 g/mol. The van der Waals surface area contributed by atoms with Gasteiger partial charge in [-0.05, 0) is 43.3 Å². The molecule has 116 valence electrons. The van der Waals surface area contributed by atoms with Crippen LogP contribution in [0.4, 0.5) is 5.69 Å². The Bertz CT molecular complexity index is 754. The topological polar surface area (TPSA) is 81.4 Å². The van der Waals surface area contributed by atoms with Crippen molar-refractivity contribution in [2.75, 3.05) is 11.3 Å². The zero-order valence-corrected chi connectivity index (χ0v) is 13.6. The fourth-order valence-electron chi connectivity index (χ4n) is 1.80. The van der Waals surface area contributed by atoms with Gasteiger partial charge in [-0.1, -0.05) is 24.4 Å². The van der Waals surface area contributed by atoms with Gasteiger partial charge in [0, 0.05) is 11.3 Å². The normalized spacial score (nSPS) is 11.0. The molecule has 0 unspecified atom stereocenters. The van der Waals surface area contributed by atoms with E-state index in [0.717, 1.165) is 0 Å². The Kier molecular flexibility index (Phi) is 4.99. The van der Waals surface area contributed by atoms with Crippen LogP contribution in [0, 0.1) is 0 Å². The molecule has 0 atom stereocenters. The van der Waals surface area contributed by atoms with Crippen LogP contribution in [0.5, 0.6) is 5.75 Å². The second kappa shape index (κ2) is 6.76. The van der Waals surface area contributed by atoms with Gasteiger partial charge in [-0.15, -0.1) is 0 Å². The summed E-state index contributed by atoms with van der Waals surface area (Å²) >= 11 is 4.84. The molecule has 3 N–H and O–H groups in total. The Balaban J connectivity index is 2.18. The SMILES string of the molecule is CCOc1ccc(NS(=O)(=O)c2ccc(C(N)=S)cc2)cc1. The minimum absolute atomic E-state index is 0.140. The zero-order chi connectivity index (χ0) is 16.2. The number of hydrogen-bond donors (Lipinski definition) is 2. The maximum absolute atomic E-state index is 12.3. The van der Waals surface area contributed by atoms with Crippen LogP contribution in [0.25, 0.3) is 0 Å². The van der Waals surface area contributed by atoms with Gasteiger partial charge >= 0.3 is 0 Å². The van der Waals surface area contributed by atoms with E-state index >= 15 is 0 Å². The van der Waals surface area contributed by atoms with Gasteiger partial charge < -0.3 is 10.5 Å². The molecule has 2 aromatic rings. The monoisotopic (exact) mass is 336 g/mol. The Morgan fingerprint density at radius 3 is 2.23 bits per heavy atom. The minimum Gasteiger partial charge on any atom is -0.494 e. The van der Waals surface area contributed by atoms with Crippen molar-refractivity contribution in [3.8, 4) is 5.75 Å². The number of benzene rings is 2. The minimum atomic E-state index is -3.66. The zero-order valence-electron chi connectivity index (χ0n) is 11.9. The van der Waals surface area contributed by atoms with Crippen LogP contribution in [-0.2, 0) is 10.0 Å². The Morgan fingerprint density at radius 1 is 1.14 bits per heavy atom. The number of rotatable bonds is 6. The summed E-state index contributed by atoms with van der Waals surface area (Å²) in [7, 11) is -3.66. The van der Waals surface area contributed by atoms with E-state index in [4.69, 9.17) is 22.7 Å². The van der Waals surface area contributed by atoms with Crippen molar-refractivity contribution in [1.82, 2.24) is 0 Å². The molecular formula is C15H16N2O3S2. The largest absolute Gasteiger partial charge is 0.494 e. The van der Waals surface area contributed by atoms with Crippen LogP contribution in [0.2, 0.25) is 0 Å². The summed E-state index contributed by atoms with van der Waals surface area (Å²) in [5.41, 5.74) is 6.57. The Labute approximate surface area is 135 Å². The number of sulfonamides is 1. The number of ether oxygens (including phenoxy) is 1. The molecule has 0 radical (unpaired) electrons. The van der Waals surface area contributed by atoms with Crippen molar-refractivity contribution in [3.05, 3.63) is 54.1 Å². The molecule has 0 amide bonds. The maximum atomic E-state index is 12.3. The van der Waals surface area contributed by atoms with Crippen LogP contribution >= 0.6 is 12.2 Å². The third-order valence-corrected chi connectivity index (χ3v) is 4.50. The second-order valence-electron chi connectivity index (χ2n) is 4.45. The highest BCUT2D eigenvalue weighted by Crippen LogP contribution is 2.19. The molecule has 0 saturated carbocycles. The van der Waals surface area contributed by atoms with E-state index in [1.165, 1.54) is 12.1 Å². The first-order valence-corrected chi connectivity index (χ1v) is 8.47. The third kappa shape index (κ3) is 3.96. The van der Waals surface area contributed by atoms with Crippen LogP contribution < -0.4 is 15.2 Å². The smallest absolute Gasteiger partial charge is 0.261 e. The van der Waals surface area contributed by atoms with Crippen molar-refractivity contribution in [1.29, 1.82) is 0 Å². The number of hydrogen-bond acceptors (Lipinski definition) is 4. The molecule has 0 bridgehead atoms. The van der Waals surface area contributed by atoms with Crippen molar-refractivity contribution in [3.63, 3.8) is 0 Å². The molecule has 0 saturated heterocycles. The fourth-order valence-corrected chi connectivity index (χ4v) is 2.99. The van der Waals surface area contributed by atoms with Crippen molar-refractivity contribution in [2.24, 2.45) is 5.73 Å². The molecule has 0 heterocycles. The van der Waals surface area contributed by atoms with E-state index < -0.39 is 10.0 Å². The first-order valence-electron chi connectivity index (χ1n) is 6.58. The number of nitrogens with one attached hydrogen (secondary N) is 1. The Hall–Kier alpha value is -2.12. The predicted molar refractivity (Wildman–Crippen MR) is 90.7 cm³/mol. The van der Waals surface area contributed by atoms with Gasteiger partial charge in [-0.3, -0.25) is 4.72 Å². The van der Waals surface area contributed by atoms with E-state index in [0.29, 0.717) is 23.6 Å². The second-order valence-corrected chi connectivity index (χ2v) is 6.57. The standard InChI is InChI=1S/C15H16N2O3S2/c1-2-20-13-7-5-12(6-8-13)17-22(18,19)14-9-3-11(4-10-14)15(16)21/h3-10,17H,2H2,1H3,(H2,16,21). The number of thiocarbonyl (C=S) groups is 1. The van der Waals surface area contributed by atoms with Gasteiger partial charge in [0.25, 0.3) is 10.0 Å².